The van der Waals surface area contributed by atoms with Gasteiger partial charge in [-0.1, -0.05) is 72.4 Å². The average molecular weight is 314 g/mol. The Labute approximate surface area is 132 Å². The first-order chi connectivity index (χ1) is 10.6. The normalized spacial score (nSPS) is 11.6. The van der Waals surface area contributed by atoms with Crippen molar-refractivity contribution in [2.24, 2.45) is 0 Å². The number of ketones is 1. The summed E-state index contributed by atoms with van der Waals surface area (Å²) in [7, 11) is 0. The molecule has 4 nitrogen and oxygen atoms in total. The van der Waals surface area contributed by atoms with Crippen LogP contribution in [0.3, 0.4) is 0 Å². The highest BCUT2D eigenvalue weighted by Gasteiger charge is 2.26. The molecule has 5 heteroatoms. The quantitative estimate of drug-likeness (QED) is 0.828. The van der Waals surface area contributed by atoms with Gasteiger partial charge in [-0.3, -0.25) is 14.4 Å². The number of thioether (sulfide) groups is 1. The van der Waals surface area contributed by atoms with E-state index in [2.05, 4.69) is 0 Å². The van der Waals surface area contributed by atoms with Crippen molar-refractivity contribution in [3.63, 3.8) is 0 Å². The van der Waals surface area contributed by atoms with E-state index >= 15 is 0 Å². The third kappa shape index (κ3) is 4.30. The predicted molar refractivity (Wildman–Crippen MR) is 85.2 cm³/mol. The van der Waals surface area contributed by atoms with E-state index in [-0.39, 0.29) is 17.3 Å². The molecule has 0 bridgehead atoms. The lowest BCUT2D eigenvalue weighted by Gasteiger charge is -2.10. The van der Waals surface area contributed by atoms with Crippen LogP contribution in [0.25, 0.3) is 0 Å². The first kappa shape index (κ1) is 16.0. The van der Waals surface area contributed by atoms with Gasteiger partial charge >= 0.3 is 5.97 Å². The lowest BCUT2D eigenvalue weighted by atomic mass is 10.1. The average Bonchev–Trinajstić information content (AvgIpc) is 2.55. The summed E-state index contributed by atoms with van der Waals surface area (Å²) in [6.07, 6.45) is -0.220. The monoisotopic (exact) mass is 314 g/mol. The molecule has 0 saturated carbocycles. The van der Waals surface area contributed by atoms with E-state index in [1.54, 1.807) is 60.7 Å². The van der Waals surface area contributed by atoms with Crippen molar-refractivity contribution in [1.82, 2.24) is 0 Å². The minimum Gasteiger partial charge on any atom is -0.480 e. The minimum atomic E-state index is -1.17. The summed E-state index contributed by atoms with van der Waals surface area (Å²) >= 11 is 0.670. The maximum Gasteiger partial charge on any atom is 0.317 e. The second-order valence-electron chi connectivity index (χ2n) is 4.59. The Bertz CT molecular complexity index is 614. The summed E-state index contributed by atoms with van der Waals surface area (Å²) < 4.78 is 0. The molecule has 0 spiro atoms. The number of rotatable bonds is 6. The van der Waals surface area contributed by atoms with Crippen molar-refractivity contribution >= 4 is 28.6 Å². The third-order valence-corrected chi connectivity index (χ3v) is 4.10. The Morgan fingerprint density at radius 2 is 1.36 bits per heavy atom. The first-order valence-electron chi connectivity index (χ1n) is 6.65. The van der Waals surface area contributed by atoms with Crippen LogP contribution >= 0.6 is 11.8 Å². The van der Waals surface area contributed by atoms with Crippen molar-refractivity contribution in [3.8, 4) is 0 Å². The van der Waals surface area contributed by atoms with E-state index in [1.807, 2.05) is 0 Å². The van der Waals surface area contributed by atoms with E-state index in [9.17, 15) is 19.5 Å². The van der Waals surface area contributed by atoms with Gasteiger partial charge in [0, 0.05) is 17.5 Å². The Kier molecular flexibility index (Phi) is 5.49. The third-order valence-electron chi connectivity index (χ3n) is 3.00. The van der Waals surface area contributed by atoms with Crippen LogP contribution in [-0.4, -0.2) is 27.2 Å². The fourth-order valence-electron chi connectivity index (χ4n) is 1.86. The van der Waals surface area contributed by atoms with Gasteiger partial charge in [-0.15, -0.1) is 0 Å². The van der Waals surface area contributed by atoms with Gasteiger partial charge in [0.2, 0.25) is 5.12 Å². The SMILES string of the molecule is O=C(CC(SC(=O)c1ccccc1)C(=O)O)c1ccccc1. The van der Waals surface area contributed by atoms with Crippen LogP contribution < -0.4 is 0 Å². The van der Waals surface area contributed by atoms with Crippen LogP contribution in [0.4, 0.5) is 0 Å². The molecule has 0 aromatic heterocycles. The summed E-state index contributed by atoms with van der Waals surface area (Å²) in [5, 5.41) is 7.79. The number of carboxylic acids is 1. The van der Waals surface area contributed by atoms with E-state index in [0.717, 1.165) is 0 Å². The number of Topliss-reactive ketones (excluding diaryl/α,β-unsaturated/α-hetero) is 1. The topological polar surface area (TPSA) is 71.4 Å². The van der Waals surface area contributed by atoms with Crippen LogP contribution in [0, 0.1) is 0 Å². The van der Waals surface area contributed by atoms with Crippen molar-refractivity contribution in [2.75, 3.05) is 0 Å². The maximum atomic E-state index is 12.1. The molecule has 1 N–H and O–H groups in total. The zero-order valence-electron chi connectivity index (χ0n) is 11.6. The highest BCUT2D eigenvalue weighted by atomic mass is 32.2. The van der Waals surface area contributed by atoms with Crippen LogP contribution in [0.2, 0.25) is 0 Å². The highest BCUT2D eigenvalue weighted by Crippen LogP contribution is 2.22. The van der Waals surface area contributed by atoms with Crippen LogP contribution in [0.5, 0.6) is 0 Å². The Balaban J connectivity index is 2.06. The molecule has 0 aliphatic heterocycles. The zero-order chi connectivity index (χ0) is 15.9. The number of hydrogen-bond acceptors (Lipinski definition) is 4. The van der Waals surface area contributed by atoms with Gasteiger partial charge in [-0.2, -0.15) is 0 Å². The van der Waals surface area contributed by atoms with Crippen molar-refractivity contribution in [1.29, 1.82) is 0 Å². The lowest BCUT2D eigenvalue weighted by Crippen LogP contribution is -2.22. The molecule has 112 valence electrons. The molecule has 2 aromatic carbocycles. The summed E-state index contributed by atoms with van der Waals surface area (Å²) in [6, 6.07) is 16.9. The molecule has 1 atom stereocenters. The number of carbonyl (C=O) groups is 3. The Morgan fingerprint density at radius 3 is 1.86 bits per heavy atom. The lowest BCUT2D eigenvalue weighted by molar-refractivity contribution is -0.136. The summed E-state index contributed by atoms with van der Waals surface area (Å²) in [5.41, 5.74) is 0.868. The Hall–Kier alpha value is -2.40. The number of carbonyl (C=O) groups excluding carboxylic acids is 2. The molecule has 22 heavy (non-hydrogen) atoms. The van der Waals surface area contributed by atoms with Gasteiger partial charge in [0.1, 0.15) is 5.25 Å². The van der Waals surface area contributed by atoms with E-state index < -0.39 is 11.2 Å². The minimum absolute atomic E-state index is 0.220. The first-order valence-corrected chi connectivity index (χ1v) is 7.53. The van der Waals surface area contributed by atoms with Crippen LogP contribution in [0.15, 0.2) is 60.7 Å². The van der Waals surface area contributed by atoms with Gasteiger partial charge in [-0.05, 0) is 0 Å². The standard InChI is InChI=1S/C17H14O4S/c18-14(12-7-3-1-4-8-12)11-15(16(19)20)22-17(21)13-9-5-2-6-10-13/h1-10,15H,11H2,(H,19,20). The number of carboxylic acid groups (broad SMARTS) is 1. The molecule has 0 saturated heterocycles. The largest absolute Gasteiger partial charge is 0.480 e. The highest BCUT2D eigenvalue weighted by molar-refractivity contribution is 8.15. The molecule has 0 fully saturated rings. The number of hydrogen-bond donors (Lipinski definition) is 1. The molecular formula is C17H14O4S. The molecule has 0 heterocycles. The predicted octanol–water partition coefficient (Wildman–Crippen LogP) is 3.29. The molecule has 2 aromatic rings. The van der Waals surface area contributed by atoms with Gasteiger partial charge in [0.15, 0.2) is 5.78 Å². The van der Waals surface area contributed by atoms with E-state index in [4.69, 9.17) is 0 Å². The maximum absolute atomic E-state index is 12.1. The van der Waals surface area contributed by atoms with Gasteiger partial charge in [0.05, 0.1) is 0 Å². The van der Waals surface area contributed by atoms with Gasteiger partial charge in [0.25, 0.3) is 0 Å². The smallest absolute Gasteiger partial charge is 0.317 e. The van der Waals surface area contributed by atoms with E-state index in [0.29, 0.717) is 22.9 Å². The zero-order valence-corrected chi connectivity index (χ0v) is 12.5. The summed E-state index contributed by atoms with van der Waals surface area (Å²) in [5.74, 6) is -1.46. The molecule has 2 rings (SSSR count). The van der Waals surface area contributed by atoms with Crippen LogP contribution in [0.1, 0.15) is 27.1 Å². The van der Waals surface area contributed by atoms with Crippen molar-refractivity contribution in [3.05, 3.63) is 71.8 Å². The Morgan fingerprint density at radius 1 is 0.864 bits per heavy atom. The fraction of sp³-hybridized carbons (Fsp3) is 0.118. The summed E-state index contributed by atoms with van der Waals surface area (Å²) in [4.78, 5) is 35.5. The van der Waals surface area contributed by atoms with Gasteiger partial charge in [-0.25, -0.2) is 0 Å². The molecule has 0 amide bonds. The summed E-state index contributed by atoms with van der Waals surface area (Å²) in [6.45, 7) is 0. The van der Waals surface area contributed by atoms with Crippen molar-refractivity contribution < 1.29 is 19.5 Å². The second-order valence-corrected chi connectivity index (χ2v) is 5.77. The second kappa shape index (κ2) is 7.56. The van der Waals surface area contributed by atoms with E-state index in [1.165, 1.54) is 0 Å². The molecule has 0 aliphatic carbocycles. The molecular weight excluding hydrogens is 300 g/mol. The number of aliphatic carboxylic acids is 1. The van der Waals surface area contributed by atoms with Crippen molar-refractivity contribution in [2.45, 2.75) is 11.7 Å². The molecule has 1 unspecified atom stereocenters. The fourth-order valence-corrected chi connectivity index (χ4v) is 2.73. The van der Waals surface area contributed by atoms with Gasteiger partial charge < -0.3 is 5.11 Å². The number of benzene rings is 2. The molecule has 0 radical (unpaired) electrons. The molecule has 0 aliphatic rings. The van der Waals surface area contributed by atoms with Crippen LogP contribution in [-0.2, 0) is 4.79 Å².